The number of hydrogen-bond donors (Lipinski definition) is 0. The van der Waals surface area contributed by atoms with Crippen LogP contribution in [0.25, 0.3) is 50.0 Å². The summed E-state index contributed by atoms with van der Waals surface area (Å²) < 4.78 is 2.24. The molecule has 6 aromatic rings. The van der Waals surface area contributed by atoms with Crippen LogP contribution >= 0.6 is 0 Å². The zero-order chi connectivity index (χ0) is 20.1. The van der Waals surface area contributed by atoms with E-state index >= 15 is 0 Å². The highest BCUT2D eigenvalue weighted by Crippen LogP contribution is 2.46. The van der Waals surface area contributed by atoms with Crippen molar-refractivity contribution in [1.29, 1.82) is 0 Å². The fourth-order valence-corrected chi connectivity index (χ4v) is 5.60. The molecule has 4 heteroatoms. The van der Waals surface area contributed by atoms with Crippen LogP contribution in [0, 0.1) is 0 Å². The number of hydrogen-bond acceptors (Lipinski definition) is 3. The highest BCUT2D eigenvalue weighted by molar-refractivity contribution is 6.10. The third-order valence-electron chi connectivity index (χ3n) is 6.89. The number of benzene rings is 2. The molecule has 4 nitrogen and oxygen atoms in total. The number of imidazole rings is 1. The van der Waals surface area contributed by atoms with Crippen LogP contribution in [-0.2, 0) is 12.8 Å². The first kappa shape index (κ1) is 15.7. The van der Waals surface area contributed by atoms with E-state index in [0.29, 0.717) is 0 Å². The van der Waals surface area contributed by atoms with E-state index in [2.05, 4.69) is 52.9 Å². The molecular formula is C27H16N4. The summed E-state index contributed by atoms with van der Waals surface area (Å²) in [5, 5.41) is 2.21. The third kappa shape index (κ3) is 1.88. The van der Waals surface area contributed by atoms with Crippen molar-refractivity contribution < 1.29 is 0 Å². The van der Waals surface area contributed by atoms with Crippen LogP contribution in [0.15, 0.2) is 73.1 Å². The number of fused-ring (bicyclic) bond motifs is 13. The van der Waals surface area contributed by atoms with E-state index < -0.39 is 0 Å². The average Bonchev–Trinajstić information content (AvgIpc) is 3.47. The molecule has 0 saturated carbocycles. The molecule has 8 rings (SSSR count). The van der Waals surface area contributed by atoms with Crippen molar-refractivity contribution in [2.75, 3.05) is 0 Å². The fraction of sp³-hybridized carbons (Fsp3) is 0.0741. The second-order valence-corrected chi connectivity index (χ2v) is 8.52. The Morgan fingerprint density at radius 3 is 2.45 bits per heavy atom. The molecule has 4 aromatic heterocycles. The van der Waals surface area contributed by atoms with Crippen molar-refractivity contribution in [3.8, 4) is 22.4 Å². The van der Waals surface area contributed by atoms with Gasteiger partial charge in [-0.1, -0.05) is 36.4 Å². The molecule has 2 aliphatic carbocycles. The van der Waals surface area contributed by atoms with Gasteiger partial charge in [-0.2, -0.15) is 0 Å². The summed E-state index contributed by atoms with van der Waals surface area (Å²) in [6.45, 7) is 0. The van der Waals surface area contributed by atoms with Gasteiger partial charge < -0.3 is 0 Å². The molecule has 4 heterocycles. The van der Waals surface area contributed by atoms with Crippen molar-refractivity contribution in [1.82, 2.24) is 19.4 Å². The predicted octanol–water partition coefficient (Wildman–Crippen LogP) is 5.57. The Morgan fingerprint density at radius 1 is 0.645 bits per heavy atom. The Morgan fingerprint density at radius 2 is 1.48 bits per heavy atom. The van der Waals surface area contributed by atoms with Crippen molar-refractivity contribution in [2.45, 2.75) is 12.8 Å². The van der Waals surface area contributed by atoms with E-state index in [0.717, 1.165) is 46.1 Å². The first-order chi connectivity index (χ1) is 15.4. The molecular weight excluding hydrogens is 380 g/mol. The van der Waals surface area contributed by atoms with Crippen LogP contribution in [0.5, 0.6) is 0 Å². The van der Waals surface area contributed by atoms with E-state index in [1.807, 2.05) is 24.5 Å². The van der Waals surface area contributed by atoms with Crippen molar-refractivity contribution >= 4 is 27.6 Å². The highest BCUT2D eigenvalue weighted by atomic mass is 15.1. The molecule has 0 N–H and O–H groups in total. The Balaban J connectivity index is 1.52. The molecule has 0 atom stereocenters. The number of nitrogens with zero attached hydrogens (tertiary/aromatic N) is 4. The van der Waals surface area contributed by atoms with Crippen LogP contribution in [0.3, 0.4) is 0 Å². The van der Waals surface area contributed by atoms with Gasteiger partial charge in [0, 0.05) is 35.2 Å². The maximum absolute atomic E-state index is 5.09. The Bertz CT molecular complexity index is 1740. The minimum absolute atomic E-state index is 0.860. The maximum atomic E-state index is 5.09. The lowest BCUT2D eigenvalue weighted by Gasteiger charge is -2.11. The summed E-state index contributed by atoms with van der Waals surface area (Å²) in [5.41, 5.74) is 13.3. The lowest BCUT2D eigenvalue weighted by Crippen LogP contribution is -1.97. The third-order valence-corrected chi connectivity index (χ3v) is 6.89. The monoisotopic (exact) mass is 396 g/mol. The molecule has 0 aliphatic heterocycles. The van der Waals surface area contributed by atoms with E-state index in [1.165, 1.54) is 39.1 Å². The van der Waals surface area contributed by atoms with Gasteiger partial charge in [0.2, 0.25) is 0 Å². The molecule has 2 aliphatic rings. The summed E-state index contributed by atoms with van der Waals surface area (Å²) in [6.07, 6.45) is 5.59. The van der Waals surface area contributed by atoms with Gasteiger partial charge in [-0.3, -0.25) is 9.38 Å². The first-order valence-electron chi connectivity index (χ1n) is 10.6. The Hall–Kier alpha value is -4.05. The van der Waals surface area contributed by atoms with E-state index in [9.17, 15) is 0 Å². The molecule has 0 saturated heterocycles. The van der Waals surface area contributed by atoms with Gasteiger partial charge in [0.1, 0.15) is 11.2 Å². The van der Waals surface area contributed by atoms with E-state index in [-0.39, 0.29) is 0 Å². The minimum atomic E-state index is 0.860. The lowest BCUT2D eigenvalue weighted by molar-refractivity contribution is 1.15. The van der Waals surface area contributed by atoms with Crippen molar-refractivity contribution in [3.63, 3.8) is 0 Å². The molecule has 0 fully saturated rings. The topological polar surface area (TPSA) is 43.1 Å². The van der Waals surface area contributed by atoms with Gasteiger partial charge >= 0.3 is 0 Å². The second kappa shape index (κ2) is 5.35. The molecule has 0 bridgehead atoms. The summed E-state index contributed by atoms with van der Waals surface area (Å²) >= 11 is 0. The standard InChI is InChI=1S/C27H16N4/c1-2-6-18-15(5-1)11-16-12-17-13-23-25(22(17)14-21(16)18)31-26-20(8-4-10-29-26)19-7-3-9-28-24(19)27(31)30-23/h1-10,12,14H,11,13H2. The average molecular weight is 396 g/mol. The van der Waals surface area contributed by atoms with E-state index in [1.54, 1.807) is 0 Å². The molecule has 2 aromatic carbocycles. The Labute approximate surface area is 177 Å². The molecule has 0 unspecified atom stereocenters. The van der Waals surface area contributed by atoms with Crippen LogP contribution in [0.4, 0.5) is 0 Å². The van der Waals surface area contributed by atoms with Crippen molar-refractivity contribution in [3.05, 3.63) is 95.4 Å². The number of pyridine rings is 3. The minimum Gasteiger partial charge on any atom is -0.274 e. The van der Waals surface area contributed by atoms with Crippen molar-refractivity contribution in [2.24, 2.45) is 0 Å². The fourth-order valence-electron chi connectivity index (χ4n) is 5.60. The SMILES string of the molecule is c1ccc2c(c1)Cc1cc3c(cc1-2)-c1c(nc2c4ncccc4c4cccnc4n12)C3. The summed E-state index contributed by atoms with van der Waals surface area (Å²) in [7, 11) is 0. The lowest BCUT2D eigenvalue weighted by atomic mass is 9.99. The molecule has 144 valence electrons. The van der Waals surface area contributed by atoms with Crippen LogP contribution < -0.4 is 0 Å². The second-order valence-electron chi connectivity index (χ2n) is 8.52. The van der Waals surface area contributed by atoms with Crippen LogP contribution in [0.2, 0.25) is 0 Å². The zero-order valence-electron chi connectivity index (χ0n) is 16.6. The van der Waals surface area contributed by atoms with Gasteiger partial charge in [0.25, 0.3) is 0 Å². The summed E-state index contributed by atoms with van der Waals surface area (Å²) in [6, 6.07) is 21.8. The van der Waals surface area contributed by atoms with E-state index in [4.69, 9.17) is 15.0 Å². The molecule has 0 radical (unpaired) electrons. The largest absolute Gasteiger partial charge is 0.274 e. The molecule has 0 amide bonds. The van der Waals surface area contributed by atoms with Gasteiger partial charge in [-0.05, 0) is 58.5 Å². The normalized spacial score (nSPS) is 13.5. The zero-order valence-corrected chi connectivity index (χ0v) is 16.6. The smallest absolute Gasteiger partial charge is 0.165 e. The maximum Gasteiger partial charge on any atom is 0.165 e. The summed E-state index contributed by atoms with van der Waals surface area (Å²) in [4.78, 5) is 14.6. The van der Waals surface area contributed by atoms with Gasteiger partial charge in [0.05, 0.1) is 11.4 Å². The van der Waals surface area contributed by atoms with Gasteiger partial charge in [-0.25, -0.2) is 9.97 Å². The molecule has 0 spiro atoms. The number of rotatable bonds is 0. The number of aromatic nitrogens is 4. The molecule has 31 heavy (non-hydrogen) atoms. The summed E-state index contributed by atoms with van der Waals surface area (Å²) in [5.74, 6) is 0. The highest BCUT2D eigenvalue weighted by Gasteiger charge is 2.30. The Kier molecular flexibility index (Phi) is 2.72. The van der Waals surface area contributed by atoms with Gasteiger partial charge in [-0.15, -0.1) is 0 Å². The van der Waals surface area contributed by atoms with Gasteiger partial charge in [0.15, 0.2) is 5.65 Å². The predicted molar refractivity (Wildman–Crippen MR) is 122 cm³/mol. The first-order valence-corrected chi connectivity index (χ1v) is 10.6. The van der Waals surface area contributed by atoms with Crippen LogP contribution in [-0.4, -0.2) is 19.4 Å². The quantitative estimate of drug-likeness (QED) is 0.315. The van der Waals surface area contributed by atoms with Crippen LogP contribution in [0.1, 0.15) is 22.4 Å².